The van der Waals surface area contributed by atoms with E-state index in [-0.39, 0.29) is 18.6 Å². The largest absolute Gasteiger partial charge is 0.452 e. The summed E-state index contributed by atoms with van der Waals surface area (Å²) >= 11 is 0. The number of carbonyl (C=O) groups excluding carboxylic acids is 2. The number of carbonyl (C=O) groups is 2. The van der Waals surface area contributed by atoms with Crippen molar-refractivity contribution in [2.24, 2.45) is 0 Å². The van der Waals surface area contributed by atoms with E-state index >= 15 is 0 Å². The zero-order valence-corrected chi connectivity index (χ0v) is 12.7. The van der Waals surface area contributed by atoms with Crippen molar-refractivity contribution in [1.82, 2.24) is 5.32 Å². The first-order chi connectivity index (χ1) is 10.6. The highest BCUT2D eigenvalue weighted by atomic mass is 16.5. The van der Waals surface area contributed by atoms with Crippen LogP contribution in [0.4, 0.5) is 0 Å². The average molecular weight is 297 g/mol. The molecule has 2 aromatic rings. The molecule has 0 atom stereocenters. The van der Waals surface area contributed by atoms with E-state index in [9.17, 15) is 9.59 Å². The zero-order chi connectivity index (χ0) is 15.9. The van der Waals surface area contributed by atoms with Gasteiger partial charge in [-0.1, -0.05) is 48.5 Å². The number of amides is 1. The topological polar surface area (TPSA) is 55.4 Å². The minimum atomic E-state index is -0.502. The molecule has 0 heterocycles. The molecule has 22 heavy (non-hydrogen) atoms. The highest BCUT2D eigenvalue weighted by Crippen LogP contribution is 2.23. The predicted octanol–water partition coefficient (Wildman–Crippen LogP) is 3.04. The van der Waals surface area contributed by atoms with E-state index in [0.717, 1.165) is 11.1 Å². The molecule has 4 nitrogen and oxygen atoms in total. The van der Waals surface area contributed by atoms with Crippen LogP contribution in [-0.2, 0) is 9.53 Å². The number of rotatable bonds is 5. The molecule has 0 radical (unpaired) electrons. The molecule has 0 aliphatic carbocycles. The van der Waals surface area contributed by atoms with Gasteiger partial charge in [-0.2, -0.15) is 0 Å². The van der Waals surface area contributed by atoms with Crippen molar-refractivity contribution in [3.05, 3.63) is 60.2 Å². The first kappa shape index (κ1) is 15.8. The van der Waals surface area contributed by atoms with Gasteiger partial charge in [-0.25, -0.2) is 4.79 Å². The number of nitrogens with one attached hydrogen (secondary N) is 1. The Hall–Kier alpha value is -2.62. The molecule has 0 aliphatic rings. The summed E-state index contributed by atoms with van der Waals surface area (Å²) in [5.74, 6) is -0.807. The number of esters is 1. The first-order valence-electron chi connectivity index (χ1n) is 7.19. The van der Waals surface area contributed by atoms with E-state index in [1.807, 2.05) is 56.3 Å². The summed E-state index contributed by atoms with van der Waals surface area (Å²) in [7, 11) is 0. The lowest BCUT2D eigenvalue weighted by Crippen LogP contribution is -2.34. The van der Waals surface area contributed by atoms with E-state index in [2.05, 4.69) is 5.32 Å². The second kappa shape index (κ2) is 7.41. The van der Waals surface area contributed by atoms with Gasteiger partial charge in [0, 0.05) is 6.04 Å². The Balaban J connectivity index is 2.12. The number of hydrogen-bond acceptors (Lipinski definition) is 3. The monoisotopic (exact) mass is 297 g/mol. The van der Waals surface area contributed by atoms with Gasteiger partial charge in [0.15, 0.2) is 6.61 Å². The van der Waals surface area contributed by atoms with E-state index in [0.29, 0.717) is 5.56 Å². The molecule has 0 fully saturated rings. The van der Waals surface area contributed by atoms with Crippen LogP contribution in [0.3, 0.4) is 0 Å². The maximum absolute atomic E-state index is 12.2. The van der Waals surface area contributed by atoms with Crippen molar-refractivity contribution < 1.29 is 14.3 Å². The molecule has 2 rings (SSSR count). The van der Waals surface area contributed by atoms with Crippen LogP contribution in [-0.4, -0.2) is 24.5 Å². The van der Waals surface area contributed by atoms with Crippen LogP contribution in [0.5, 0.6) is 0 Å². The quantitative estimate of drug-likeness (QED) is 0.863. The van der Waals surface area contributed by atoms with Crippen molar-refractivity contribution in [1.29, 1.82) is 0 Å². The smallest absolute Gasteiger partial charge is 0.339 e. The van der Waals surface area contributed by atoms with Crippen molar-refractivity contribution in [3.8, 4) is 11.1 Å². The SMILES string of the molecule is CC(C)NC(=O)COC(=O)c1ccccc1-c1ccccc1. The number of hydrogen-bond donors (Lipinski definition) is 1. The van der Waals surface area contributed by atoms with Crippen molar-refractivity contribution in [3.63, 3.8) is 0 Å². The summed E-state index contributed by atoms with van der Waals surface area (Å²) in [5.41, 5.74) is 2.17. The molecule has 2 aromatic carbocycles. The van der Waals surface area contributed by atoms with Gasteiger partial charge in [0.05, 0.1) is 5.56 Å². The fraction of sp³-hybridized carbons (Fsp3) is 0.222. The van der Waals surface area contributed by atoms with E-state index < -0.39 is 5.97 Å². The van der Waals surface area contributed by atoms with Gasteiger partial charge in [-0.05, 0) is 31.0 Å². The molecular formula is C18H19NO3. The number of benzene rings is 2. The van der Waals surface area contributed by atoms with Crippen LogP contribution in [0.2, 0.25) is 0 Å². The molecule has 1 N–H and O–H groups in total. The maximum Gasteiger partial charge on any atom is 0.339 e. The van der Waals surface area contributed by atoms with Crippen molar-refractivity contribution in [2.75, 3.05) is 6.61 Å². The third kappa shape index (κ3) is 4.19. The molecule has 0 spiro atoms. The Kier molecular flexibility index (Phi) is 5.31. The first-order valence-corrected chi connectivity index (χ1v) is 7.19. The summed E-state index contributed by atoms with van der Waals surface area (Å²) in [5, 5.41) is 2.68. The van der Waals surface area contributed by atoms with Gasteiger partial charge in [0.2, 0.25) is 0 Å². The maximum atomic E-state index is 12.2. The summed E-state index contributed by atoms with van der Waals surface area (Å²) in [4.78, 5) is 23.8. The Bertz CT molecular complexity index is 650. The lowest BCUT2D eigenvalue weighted by atomic mass is 10.00. The normalized spacial score (nSPS) is 10.3. The minimum Gasteiger partial charge on any atom is -0.452 e. The molecule has 0 aliphatic heterocycles. The van der Waals surface area contributed by atoms with Crippen LogP contribution in [0.25, 0.3) is 11.1 Å². The van der Waals surface area contributed by atoms with Crippen LogP contribution in [0, 0.1) is 0 Å². The molecule has 0 bridgehead atoms. The highest BCUT2D eigenvalue weighted by molar-refractivity contribution is 5.98. The zero-order valence-electron chi connectivity index (χ0n) is 12.7. The fourth-order valence-corrected chi connectivity index (χ4v) is 2.10. The highest BCUT2D eigenvalue weighted by Gasteiger charge is 2.15. The lowest BCUT2D eigenvalue weighted by molar-refractivity contribution is -0.124. The molecule has 114 valence electrons. The Morgan fingerprint density at radius 2 is 1.64 bits per heavy atom. The van der Waals surface area contributed by atoms with E-state index in [4.69, 9.17) is 4.74 Å². The van der Waals surface area contributed by atoms with Crippen LogP contribution >= 0.6 is 0 Å². The van der Waals surface area contributed by atoms with Crippen LogP contribution in [0.1, 0.15) is 24.2 Å². The lowest BCUT2D eigenvalue weighted by Gasteiger charge is -2.11. The average Bonchev–Trinajstić information content (AvgIpc) is 2.53. The van der Waals surface area contributed by atoms with Gasteiger partial charge in [0.1, 0.15) is 0 Å². The predicted molar refractivity (Wildman–Crippen MR) is 85.4 cm³/mol. The second-order valence-electron chi connectivity index (χ2n) is 5.21. The Morgan fingerprint density at radius 3 is 2.32 bits per heavy atom. The molecular weight excluding hydrogens is 278 g/mol. The molecule has 0 saturated carbocycles. The van der Waals surface area contributed by atoms with Crippen LogP contribution in [0.15, 0.2) is 54.6 Å². The minimum absolute atomic E-state index is 0.0165. The van der Waals surface area contributed by atoms with Gasteiger partial charge < -0.3 is 10.1 Å². The Morgan fingerprint density at radius 1 is 1.00 bits per heavy atom. The molecule has 4 heteroatoms. The number of ether oxygens (including phenoxy) is 1. The van der Waals surface area contributed by atoms with Crippen molar-refractivity contribution in [2.45, 2.75) is 19.9 Å². The summed E-state index contributed by atoms with van der Waals surface area (Å²) in [6.07, 6.45) is 0. The summed E-state index contributed by atoms with van der Waals surface area (Å²) < 4.78 is 5.10. The third-order valence-electron chi connectivity index (χ3n) is 3.02. The molecule has 0 aromatic heterocycles. The van der Waals surface area contributed by atoms with Crippen LogP contribution < -0.4 is 5.32 Å². The van der Waals surface area contributed by atoms with Gasteiger partial charge in [-0.3, -0.25) is 4.79 Å². The molecule has 1 amide bonds. The summed E-state index contributed by atoms with van der Waals surface area (Å²) in [6, 6.07) is 16.8. The van der Waals surface area contributed by atoms with E-state index in [1.165, 1.54) is 0 Å². The molecule has 0 unspecified atom stereocenters. The van der Waals surface area contributed by atoms with Gasteiger partial charge >= 0.3 is 5.97 Å². The van der Waals surface area contributed by atoms with Crippen molar-refractivity contribution >= 4 is 11.9 Å². The standard InChI is InChI=1S/C18H19NO3/c1-13(2)19-17(20)12-22-18(21)16-11-7-6-10-15(16)14-8-4-3-5-9-14/h3-11,13H,12H2,1-2H3,(H,19,20). The third-order valence-corrected chi connectivity index (χ3v) is 3.02. The second-order valence-corrected chi connectivity index (χ2v) is 5.21. The summed E-state index contributed by atoms with van der Waals surface area (Å²) in [6.45, 7) is 3.43. The fourth-order valence-electron chi connectivity index (χ4n) is 2.10. The van der Waals surface area contributed by atoms with Gasteiger partial charge in [-0.15, -0.1) is 0 Å². The molecule has 0 saturated heterocycles. The van der Waals surface area contributed by atoms with Gasteiger partial charge in [0.25, 0.3) is 5.91 Å². The van der Waals surface area contributed by atoms with E-state index in [1.54, 1.807) is 12.1 Å². The Labute approximate surface area is 130 Å².